The number of benzene rings is 3. The van der Waals surface area contributed by atoms with E-state index in [2.05, 4.69) is 56.3 Å². The minimum Gasteiger partial charge on any atom is -0.456 e. The maximum absolute atomic E-state index is 6.12. The van der Waals surface area contributed by atoms with Gasteiger partial charge in [0.15, 0.2) is 0 Å². The highest BCUT2D eigenvalue weighted by Gasteiger charge is 2.10. The van der Waals surface area contributed by atoms with Gasteiger partial charge in [-0.1, -0.05) is 66.2 Å². The minimum atomic E-state index is 0.861. The molecule has 0 saturated carbocycles. The van der Waals surface area contributed by atoms with Gasteiger partial charge in [0.05, 0.1) is 0 Å². The van der Waals surface area contributed by atoms with E-state index in [1.54, 1.807) is 0 Å². The highest BCUT2D eigenvalue weighted by atomic mass is 16.5. The zero-order valence-corrected chi connectivity index (χ0v) is 12.3. The lowest BCUT2D eigenvalue weighted by Crippen LogP contribution is -1.91. The first-order chi connectivity index (χ1) is 10.2. The summed E-state index contributed by atoms with van der Waals surface area (Å²) in [5.41, 5.74) is 4.70. The Labute approximate surface area is 125 Å². The molecule has 0 bridgehead atoms. The van der Waals surface area contributed by atoms with Gasteiger partial charge >= 0.3 is 0 Å². The van der Waals surface area contributed by atoms with Crippen molar-refractivity contribution in [2.75, 3.05) is 0 Å². The maximum atomic E-state index is 6.12. The van der Waals surface area contributed by atoms with Crippen LogP contribution < -0.4 is 4.74 Å². The largest absolute Gasteiger partial charge is 0.456 e. The van der Waals surface area contributed by atoms with Gasteiger partial charge in [-0.25, -0.2) is 0 Å². The highest BCUT2D eigenvalue weighted by Crippen LogP contribution is 2.36. The molecule has 0 aliphatic carbocycles. The second-order valence-corrected chi connectivity index (χ2v) is 5.23. The predicted octanol–water partition coefficient (Wildman–Crippen LogP) is 5.76. The van der Waals surface area contributed by atoms with Crippen LogP contribution in [-0.4, -0.2) is 0 Å². The van der Waals surface area contributed by atoms with Crippen molar-refractivity contribution < 1.29 is 4.74 Å². The van der Waals surface area contributed by atoms with Crippen molar-refractivity contribution in [3.8, 4) is 22.6 Å². The SMILES string of the molecule is Cc1ccc(-c2cccc(C)c2Oc2ccccc2)cc1. The molecule has 104 valence electrons. The van der Waals surface area contributed by atoms with E-state index in [1.807, 2.05) is 30.3 Å². The van der Waals surface area contributed by atoms with E-state index in [0.717, 1.165) is 22.6 Å². The number of hydrogen-bond donors (Lipinski definition) is 0. The van der Waals surface area contributed by atoms with Gasteiger partial charge in [0.25, 0.3) is 0 Å². The van der Waals surface area contributed by atoms with E-state index in [1.165, 1.54) is 11.1 Å². The Morgan fingerprint density at radius 3 is 2.10 bits per heavy atom. The van der Waals surface area contributed by atoms with Crippen molar-refractivity contribution in [2.45, 2.75) is 13.8 Å². The number of aryl methyl sites for hydroxylation is 2. The van der Waals surface area contributed by atoms with Gasteiger partial charge in [0.2, 0.25) is 0 Å². The van der Waals surface area contributed by atoms with Crippen LogP contribution >= 0.6 is 0 Å². The Kier molecular flexibility index (Phi) is 3.74. The van der Waals surface area contributed by atoms with Crippen molar-refractivity contribution in [3.05, 3.63) is 83.9 Å². The Hall–Kier alpha value is -2.54. The molecule has 0 aromatic heterocycles. The molecule has 0 aliphatic heterocycles. The van der Waals surface area contributed by atoms with Crippen molar-refractivity contribution in [2.24, 2.45) is 0 Å². The van der Waals surface area contributed by atoms with Gasteiger partial charge in [-0.3, -0.25) is 0 Å². The van der Waals surface area contributed by atoms with Crippen LogP contribution in [0.25, 0.3) is 11.1 Å². The second kappa shape index (κ2) is 5.84. The fourth-order valence-corrected chi connectivity index (χ4v) is 2.35. The minimum absolute atomic E-state index is 0.861. The van der Waals surface area contributed by atoms with Crippen molar-refractivity contribution >= 4 is 0 Å². The fourth-order valence-electron chi connectivity index (χ4n) is 2.35. The first-order valence-electron chi connectivity index (χ1n) is 7.13. The molecular formula is C20H18O. The monoisotopic (exact) mass is 274 g/mol. The normalized spacial score (nSPS) is 10.4. The van der Waals surface area contributed by atoms with E-state index in [9.17, 15) is 0 Å². The molecule has 1 heteroatoms. The van der Waals surface area contributed by atoms with Crippen LogP contribution in [0.2, 0.25) is 0 Å². The molecule has 0 amide bonds. The Morgan fingerprint density at radius 1 is 0.667 bits per heavy atom. The fraction of sp³-hybridized carbons (Fsp3) is 0.100. The molecular weight excluding hydrogens is 256 g/mol. The average molecular weight is 274 g/mol. The molecule has 0 aliphatic rings. The third-order valence-corrected chi connectivity index (χ3v) is 3.54. The van der Waals surface area contributed by atoms with Crippen LogP contribution in [0.1, 0.15) is 11.1 Å². The van der Waals surface area contributed by atoms with Crippen LogP contribution in [0, 0.1) is 13.8 Å². The summed E-state index contributed by atoms with van der Waals surface area (Å²) in [4.78, 5) is 0. The quantitative estimate of drug-likeness (QED) is 0.589. The van der Waals surface area contributed by atoms with Gasteiger partial charge in [-0.2, -0.15) is 0 Å². The van der Waals surface area contributed by atoms with Crippen molar-refractivity contribution in [3.63, 3.8) is 0 Å². The van der Waals surface area contributed by atoms with Gasteiger partial charge in [-0.15, -0.1) is 0 Å². The summed E-state index contributed by atoms with van der Waals surface area (Å²) in [5.74, 6) is 1.78. The topological polar surface area (TPSA) is 9.23 Å². The van der Waals surface area contributed by atoms with Crippen LogP contribution in [0.15, 0.2) is 72.8 Å². The molecule has 3 aromatic rings. The van der Waals surface area contributed by atoms with E-state index in [0.29, 0.717) is 0 Å². The number of rotatable bonds is 3. The summed E-state index contributed by atoms with van der Waals surface area (Å²) in [6.07, 6.45) is 0. The molecule has 3 rings (SSSR count). The number of hydrogen-bond acceptors (Lipinski definition) is 1. The molecule has 0 unspecified atom stereocenters. The molecule has 21 heavy (non-hydrogen) atoms. The average Bonchev–Trinajstić information content (AvgIpc) is 2.51. The first-order valence-corrected chi connectivity index (χ1v) is 7.13. The number of ether oxygens (including phenoxy) is 1. The van der Waals surface area contributed by atoms with E-state index in [-0.39, 0.29) is 0 Å². The summed E-state index contributed by atoms with van der Waals surface area (Å²) >= 11 is 0. The lowest BCUT2D eigenvalue weighted by Gasteiger charge is -2.14. The Balaban J connectivity index is 2.05. The third kappa shape index (κ3) is 2.97. The maximum Gasteiger partial charge on any atom is 0.138 e. The van der Waals surface area contributed by atoms with Crippen molar-refractivity contribution in [1.29, 1.82) is 0 Å². The summed E-state index contributed by atoms with van der Waals surface area (Å²) in [7, 11) is 0. The molecule has 0 N–H and O–H groups in total. The Morgan fingerprint density at radius 2 is 1.38 bits per heavy atom. The summed E-state index contributed by atoms with van der Waals surface area (Å²) < 4.78 is 6.12. The molecule has 0 fully saturated rings. The van der Waals surface area contributed by atoms with Crippen LogP contribution in [0.3, 0.4) is 0 Å². The number of para-hydroxylation sites is 2. The van der Waals surface area contributed by atoms with Crippen molar-refractivity contribution in [1.82, 2.24) is 0 Å². The third-order valence-electron chi connectivity index (χ3n) is 3.54. The summed E-state index contributed by atoms with van der Waals surface area (Å²) in [5, 5.41) is 0. The van der Waals surface area contributed by atoms with Gasteiger partial charge < -0.3 is 4.74 Å². The molecule has 3 aromatic carbocycles. The van der Waals surface area contributed by atoms with E-state index < -0.39 is 0 Å². The van der Waals surface area contributed by atoms with Gasteiger partial charge in [0, 0.05) is 5.56 Å². The van der Waals surface area contributed by atoms with Crippen LogP contribution in [0.4, 0.5) is 0 Å². The molecule has 0 radical (unpaired) electrons. The highest BCUT2D eigenvalue weighted by molar-refractivity contribution is 5.72. The predicted molar refractivity (Wildman–Crippen MR) is 87.9 cm³/mol. The molecule has 1 nitrogen and oxygen atoms in total. The van der Waals surface area contributed by atoms with Gasteiger partial charge in [-0.05, 0) is 37.1 Å². The van der Waals surface area contributed by atoms with Crippen LogP contribution in [0.5, 0.6) is 11.5 Å². The van der Waals surface area contributed by atoms with Gasteiger partial charge in [0.1, 0.15) is 11.5 Å². The zero-order valence-electron chi connectivity index (χ0n) is 12.3. The lowest BCUT2D eigenvalue weighted by atomic mass is 10.0. The summed E-state index contributed by atoms with van der Waals surface area (Å²) in [6.45, 7) is 4.18. The molecule has 0 spiro atoms. The standard InChI is InChI=1S/C20H18O/c1-15-11-13-17(14-12-15)19-10-6-7-16(2)20(19)21-18-8-4-3-5-9-18/h3-14H,1-2H3. The smallest absolute Gasteiger partial charge is 0.138 e. The lowest BCUT2D eigenvalue weighted by molar-refractivity contribution is 0.481. The molecule has 0 heterocycles. The molecule has 0 atom stereocenters. The second-order valence-electron chi connectivity index (χ2n) is 5.23. The van der Waals surface area contributed by atoms with Crippen LogP contribution in [-0.2, 0) is 0 Å². The summed E-state index contributed by atoms with van der Waals surface area (Å²) in [6, 6.07) is 24.7. The molecule has 0 saturated heterocycles. The Bertz CT molecular complexity index is 728. The van der Waals surface area contributed by atoms with E-state index in [4.69, 9.17) is 4.74 Å². The first kappa shape index (κ1) is 13.4. The van der Waals surface area contributed by atoms with E-state index >= 15 is 0 Å². The zero-order chi connectivity index (χ0) is 14.7.